The second kappa shape index (κ2) is 7.46. The number of hydrogen-bond acceptors (Lipinski definition) is 3. The van der Waals surface area contributed by atoms with Crippen molar-refractivity contribution >= 4 is 33.4 Å². The number of aryl methyl sites for hydroxylation is 1. The third-order valence-corrected chi connectivity index (χ3v) is 5.47. The van der Waals surface area contributed by atoms with E-state index in [1.54, 1.807) is 17.9 Å². The molecule has 11 heteroatoms. The first-order chi connectivity index (χ1) is 12.6. The third kappa shape index (κ3) is 4.31. The maximum Gasteiger partial charge on any atom is 0.436 e. The van der Waals surface area contributed by atoms with Crippen LogP contribution in [0.25, 0.3) is 0 Å². The van der Waals surface area contributed by atoms with E-state index in [-0.39, 0.29) is 29.4 Å². The first kappa shape index (κ1) is 20.2. The fourth-order valence-corrected chi connectivity index (χ4v) is 3.81. The van der Waals surface area contributed by atoms with Crippen LogP contribution in [0.15, 0.2) is 10.7 Å². The Bertz CT molecular complexity index is 859. The summed E-state index contributed by atoms with van der Waals surface area (Å²) in [4.78, 5) is 13.9. The van der Waals surface area contributed by atoms with Crippen LogP contribution in [0.2, 0.25) is 5.02 Å². The van der Waals surface area contributed by atoms with Crippen LogP contribution < -0.4 is 0 Å². The Hall–Kier alpha value is -1.55. The van der Waals surface area contributed by atoms with E-state index >= 15 is 0 Å². The summed E-state index contributed by atoms with van der Waals surface area (Å²) in [5.41, 5.74) is -0.0311. The second-order valence-electron chi connectivity index (χ2n) is 6.51. The second-order valence-corrected chi connectivity index (χ2v) is 7.71. The summed E-state index contributed by atoms with van der Waals surface area (Å²) in [7, 11) is 1.56. The Kier molecular flexibility index (Phi) is 5.58. The molecule has 0 spiro atoms. The summed E-state index contributed by atoms with van der Waals surface area (Å²) >= 11 is 9.13. The number of halogens is 5. The monoisotopic (exact) mass is 467 g/mol. The normalized spacial score (nSPS) is 14.6. The van der Waals surface area contributed by atoms with Gasteiger partial charge in [0.2, 0.25) is 5.91 Å². The van der Waals surface area contributed by atoms with Gasteiger partial charge in [-0.25, -0.2) is 0 Å². The average Bonchev–Trinajstić information content (AvgIpc) is 3.27. The Balaban J connectivity index is 1.78. The van der Waals surface area contributed by atoms with Crippen LogP contribution in [0.4, 0.5) is 13.2 Å². The first-order valence-electron chi connectivity index (χ1n) is 8.41. The molecular weight excluding hydrogens is 451 g/mol. The molecule has 0 aliphatic heterocycles. The average molecular weight is 469 g/mol. The quantitative estimate of drug-likeness (QED) is 0.642. The number of nitrogens with zero attached hydrogens (tertiary/aromatic N) is 5. The van der Waals surface area contributed by atoms with E-state index in [2.05, 4.69) is 26.1 Å². The molecule has 0 unspecified atom stereocenters. The molecule has 0 radical (unpaired) electrons. The number of carbonyl (C=O) groups excluding carboxylic acids is 1. The van der Waals surface area contributed by atoms with E-state index in [4.69, 9.17) is 11.6 Å². The summed E-state index contributed by atoms with van der Waals surface area (Å²) in [6.07, 6.45) is -1.34. The largest absolute Gasteiger partial charge is 0.436 e. The first-order valence-corrected chi connectivity index (χ1v) is 9.58. The molecule has 0 atom stereocenters. The van der Waals surface area contributed by atoms with E-state index in [1.165, 1.54) is 4.90 Å². The maximum absolute atomic E-state index is 13.2. The van der Waals surface area contributed by atoms with Gasteiger partial charge in [0.25, 0.3) is 0 Å². The van der Waals surface area contributed by atoms with Gasteiger partial charge in [-0.1, -0.05) is 11.6 Å². The Morgan fingerprint density at radius 1 is 1.41 bits per heavy atom. The molecule has 1 amide bonds. The van der Waals surface area contributed by atoms with Crippen molar-refractivity contribution in [2.45, 2.75) is 51.5 Å². The van der Waals surface area contributed by atoms with Gasteiger partial charge in [0.1, 0.15) is 12.2 Å². The van der Waals surface area contributed by atoms with Gasteiger partial charge in [0.05, 0.1) is 21.7 Å². The lowest BCUT2D eigenvalue weighted by molar-refractivity contribution is -0.142. The molecule has 2 heterocycles. The highest BCUT2D eigenvalue weighted by Crippen LogP contribution is 2.46. The van der Waals surface area contributed by atoms with Crippen LogP contribution in [0.1, 0.15) is 42.8 Å². The molecular formula is C16H18BrClF3N5O. The van der Waals surface area contributed by atoms with Crippen molar-refractivity contribution in [3.05, 3.63) is 32.8 Å². The van der Waals surface area contributed by atoms with Crippen LogP contribution >= 0.6 is 27.5 Å². The van der Waals surface area contributed by atoms with Crippen LogP contribution in [0.5, 0.6) is 0 Å². The van der Waals surface area contributed by atoms with Gasteiger partial charge in [-0.2, -0.15) is 23.4 Å². The van der Waals surface area contributed by atoms with Crippen molar-refractivity contribution in [1.29, 1.82) is 0 Å². The Labute approximate surface area is 167 Å². The van der Waals surface area contributed by atoms with Gasteiger partial charge >= 0.3 is 6.18 Å². The Morgan fingerprint density at radius 3 is 2.59 bits per heavy atom. The maximum atomic E-state index is 13.2. The van der Waals surface area contributed by atoms with Crippen molar-refractivity contribution in [3.63, 3.8) is 0 Å². The smallest absolute Gasteiger partial charge is 0.338 e. The molecule has 0 bridgehead atoms. The highest BCUT2D eigenvalue weighted by atomic mass is 79.9. The molecule has 0 N–H and O–H groups in total. The molecule has 1 aliphatic rings. The summed E-state index contributed by atoms with van der Waals surface area (Å²) in [5.74, 6) is -0.376. The summed E-state index contributed by atoms with van der Waals surface area (Å²) in [5, 5.41) is 8.38. The summed E-state index contributed by atoms with van der Waals surface area (Å²) in [6.45, 7) is 2.44. The number of likely N-dealkylation sites (N-methyl/N-ethyl adjacent to an activating group) is 1. The highest BCUT2D eigenvalue weighted by Gasteiger charge is 2.42. The zero-order chi connectivity index (χ0) is 19.9. The zero-order valence-corrected chi connectivity index (χ0v) is 17.1. The van der Waals surface area contributed by atoms with Crippen molar-refractivity contribution < 1.29 is 18.0 Å². The number of aromatic nitrogens is 4. The van der Waals surface area contributed by atoms with Gasteiger partial charge < -0.3 is 4.90 Å². The van der Waals surface area contributed by atoms with Crippen molar-refractivity contribution in [2.24, 2.45) is 0 Å². The van der Waals surface area contributed by atoms with E-state index in [0.29, 0.717) is 23.0 Å². The molecule has 2 aromatic rings. The zero-order valence-electron chi connectivity index (χ0n) is 14.7. The molecule has 0 saturated heterocycles. The number of carbonyl (C=O) groups is 1. The molecule has 0 aromatic carbocycles. The molecule has 1 saturated carbocycles. The standard InChI is InChI=1S/C16H18BrClF3N5O/c1-3-25-6-10(18)11(22-25)7-24(2)12(27)8-26-14(9-4-5-9)13(17)15(23-26)16(19,20)21/h6,9H,3-5,7-8H2,1-2H3. The summed E-state index contributed by atoms with van der Waals surface area (Å²) < 4.78 is 42.2. The van der Waals surface area contributed by atoms with E-state index in [9.17, 15) is 18.0 Å². The minimum Gasteiger partial charge on any atom is -0.338 e. The van der Waals surface area contributed by atoms with E-state index in [1.807, 2.05) is 6.92 Å². The number of rotatable bonds is 6. The SMILES string of the molecule is CCn1cc(Cl)c(CN(C)C(=O)Cn2nc(C(F)(F)F)c(Br)c2C2CC2)n1. The predicted molar refractivity (Wildman–Crippen MR) is 96.3 cm³/mol. The molecule has 148 valence electrons. The van der Waals surface area contributed by atoms with Crippen molar-refractivity contribution in [3.8, 4) is 0 Å². The minimum absolute atomic E-state index is 0.00391. The lowest BCUT2D eigenvalue weighted by atomic mass is 10.2. The van der Waals surface area contributed by atoms with Crippen molar-refractivity contribution in [2.75, 3.05) is 7.05 Å². The van der Waals surface area contributed by atoms with Crippen LogP contribution in [0.3, 0.4) is 0 Å². The van der Waals surface area contributed by atoms with Crippen LogP contribution in [0, 0.1) is 0 Å². The van der Waals surface area contributed by atoms with Gasteiger partial charge in [-0.05, 0) is 35.7 Å². The number of alkyl halides is 3. The van der Waals surface area contributed by atoms with Gasteiger partial charge in [-0.3, -0.25) is 14.2 Å². The fourth-order valence-electron chi connectivity index (χ4n) is 2.77. The Morgan fingerprint density at radius 2 is 2.07 bits per heavy atom. The highest BCUT2D eigenvalue weighted by molar-refractivity contribution is 9.10. The minimum atomic E-state index is -4.58. The summed E-state index contributed by atoms with van der Waals surface area (Å²) in [6, 6.07) is 0. The van der Waals surface area contributed by atoms with Gasteiger partial charge in [0, 0.05) is 25.7 Å². The molecule has 3 rings (SSSR count). The molecule has 6 nitrogen and oxygen atoms in total. The lowest BCUT2D eigenvalue weighted by Gasteiger charge is -2.17. The van der Waals surface area contributed by atoms with Crippen LogP contribution in [-0.2, 0) is 30.6 Å². The van der Waals surface area contributed by atoms with Crippen LogP contribution in [-0.4, -0.2) is 37.4 Å². The van der Waals surface area contributed by atoms with Crippen molar-refractivity contribution in [1.82, 2.24) is 24.5 Å². The predicted octanol–water partition coefficient (Wildman–Crippen LogP) is 4.07. The third-order valence-electron chi connectivity index (χ3n) is 4.37. The lowest BCUT2D eigenvalue weighted by Crippen LogP contribution is -2.31. The van der Waals surface area contributed by atoms with E-state index in [0.717, 1.165) is 17.5 Å². The molecule has 1 aliphatic carbocycles. The molecule has 27 heavy (non-hydrogen) atoms. The molecule has 1 fully saturated rings. The number of amides is 1. The van der Waals surface area contributed by atoms with E-state index < -0.39 is 11.9 Å². The topological polar surface area (TPSA) is 56.0 Å². The number of hydrogen-bond donors (Lipinski definition) is 0. The fraction of sp³-hybridized carbons (Fsp3) is 0.562. The molecule has 2 aromatic heterocycles. The van der Waals surface area contributed by atoms with Gasteiger partial charge in [0.15, 0.2) is 5.69 Å². The van der Waals surface area contributed by atoms with Gasteiger partial charge in [-0.15, -0.1) is 0 Å².